The van der Waals surface area contributed by atoms with Crippen molar-refractivity contribution < 1.29 is 14.2 Å². The largest absolute Gasteiger partial charge is 0.491 e. The van der Waals surface area contributed by atoms with Gasteiger partial charge in [0.25, 0.3) is 0 Å². The highest BCUT2D eigenvalue weighted by Gasteiger charge is 2.51. The molecule has 1 fully saturated rings. The van der Waals surface area contributed by atoms with Crippen molar-refractivity contribution >= 4 is 15.9 Å². The number of hydrogen-bond acceptors (Lipinski definition) is 5. The van der Waals surface area contributed by atoms with Crippen LogP contribution >= 0.6 is 15.9 Å². The number of methoxy groups -OCH3 is 2. The van der Waals surface area contributed by atoms with Crippen LogP contribution in [0.25, 0.3) is 0 Å². The minimum absolute atomic E-state index is 0.0981. The summed E-state index contributed by atoms with van der Waals surface area (Å²) in [7, 11) is 5.32. The lowest BCUT2D eigenvalue weighted by atomic mass is 9.67. The maximum atomic E-state index is 12.5. The van der Waals surface area contributed by atoms with Gasteiger partial charge >= 0.3 is 0 Å². The van der Waals surface area contributed by atoms with Crippen molar-refractivity contribution in [3.05, 3.63) is 26.6 Å². The molecule has 0 bridgehead atoms. The van der Waals surface area contributed by atoms with Crippen molar-refractivity contribution in [2.75, 3.05) is 34.6 Å². The molecule has 7 heteroatoms. The number of rotatable bonds is 4. The molecule has 134 valence electrons. The standard InChI is InChI=1S/C17H25BrN2O4/c1-17-6-5-7-19(2)12(17)9-20-8-11(18)14(21)15(23-4)13(20)16(17)24-10-22-3/h8,12,16H,5-7,9-10H2,1-4H3/t12?,16?,17-/m0/s1. The van der Waals surface area contributed by atoms with Crippen LogP contribution < -0.4 is 10.2 Å². The van der Waals surface area contributed by atoms with Gasteiger partial charge in [-0.3, -0.25) is 4.79 Å². The molecule has 0 radical (unpaired) electrons. The summed E-state index contributed by atoms with van der Waals surface area (Å²) in [5.74, 6) is 0.360. The first-order chi connectivity index (χ1) is 11.4. The van der Waals surface area contributed by atoms with E-state index in [0.29, 0.717) is 16.3 Å². The lowest BCUT2D eigenvalue weighted by Crippen LogP contribution is -2.57. The van der Waals surface area contributed by atoms with Gasteiger partial charge in [0, 0.05) is 31.3 Å². The van der Waals surface area contributed by atoms with E-state index in [4.69, 9.17) is 14.2 Å². The Morgan fingerprint density at radius 1 is 1.42 bits per heavy atom. The summed E-state index contributed by atoms with van der Waals surface area (Å²) >= 11 is 3.36. The Bertz CT molecular complexity index is 677. The molecule has 0 aromatic carbocycles. The second-order valence-corrected chi connectivity index (χ2v) is 7.79. The number of halogens is 1. The number of piperidine rings is 1. The zero-order chi connectivity index (χ0) is 17.5. The number of likely N-dealkylation sites (N-methyl/N-ethyl adjacent to an activating group) is 1. The lowest BCUT2D eigenvalue weighted by molar-refractivity contribution is -0.163. The number of pyridine rings is 1. The van der Waals surface area contributed by atoms with E-state index >= 15 is 0 Å². The fourth-order valence-corrected chi connectivity index (χ4v) is 4.76. The summed E-state index contributed by atoms with van der Waals surface area (Å²) in [6.45, 7) is 4.32. The normalized spacial score (nSPS) is 29.9. The Morgan fingerprint density at radius 3 is 2.83 bits per heavy atom. The van der Waals surface area contributed by atoms with Crippen LogP contribution in [0.15, 0.2) is 15.5 Å². The van der Waals surface area contributed by atoms with E-state index < -0.39 is 0 Å². The molecular formula is C17H25BrN2O4. The van der Waals surface area contributed by atoms with Gasteiger partial charge in [0.15, 0.2) is 5.75 Å². The van der Waals surface area contributed by atoms with E-state index in [9.17, 15) is 4.79 Å². The van der Waals surface area contributed by atoms with E-state index in [2.05, 4.69) is 39.4 Å². The molecule has 0 N–H and O–H groups in total. The second-order valence-electron chi connectivity index (χ2n) is 6.94. The number of fused-ring (bicyclic) bond motifs is 2. The number of likely N-dealkylation sites (tertiary alicyclic amines) is 1. The van der Waals surface area contributed by atoms with Crippen molar-refractivity contribution in [3.63, 3.8) is 0 Å². The molecule has 6 nitrogen and oxygen atoms in total. The van der Waals surface area contributed by atoms with Gasteiger partial charge in [-0.1, -0.05) is 6.92 Å². The number of nitrogens with zero attached hydrogens (tertiary/aromatic N) is 2. The maximum absolute atomic E-state index is 12.5. The molecule has 24 heavy (non-hydrogen) atoms. The fraction of sp³-hybridized carbons (Fsp3) is 0.706. The topological polar surface area (TPSA) is 52.9 Å². The first kappa shape index (κ1) is 17.9. The van der Waals surface area contributed by atoms with Crippen LogP contribution in [0.1, 0.15) is 31.6 Å². The quantitative estimate of drug-likeness (QED) is 0.726. The van der Waals surface area contributed by atoms with Gasteiger partial charge in [0.05, 0.1) is 17.3 Å². The van der Waals surface area contributed by atoms with Crippen molar-refractivity contribution in [2.45, 2.75) is 38.5 Å². The first-order valence-electron chi connectivity index (χ1n) is 8.21. The number of hydrogen-bond donors (Lipinski definition) is 0. The summed E-state index contributed by atoms with van der Waals surface area (Å²) < 4.78 is 19.4. The van der Waals surface area contributed by atoms with E-state index in [1.54, 1.807) is 14.2 Å². The minimum atomic E-state index is -0.255. The summed E-state index contributed by atoms with van der Waals surface area (Å²) in [4.78, 5) is 14.9. The maximum Gasteiger partial charge on any atom is 0.237 e. The number of ether oxygens (including phenoxy) is 3. The van der Waals surface area contributed by atoms with Gasteiger partial charge in [-0.05, 0) is 42.4 Å². The van der Waals surface area contributed by atoms with Crippen LogP contribution in [0, 0.1) is 5.41 Å². The average molecular weight is 401 g/mol. The Morgan fingerprint density at radius 2 is 2.17 bits per heavy atom. The third kappa shape index (κ3) is 2.71. The van der Waals surface area contributed by atoms with Crippen LogP contribution in [0.2, 0.25) is 0 Å². The van der Waals surface area contributed by atoms with E-state index in [1.807, 2.05) is 6.20 Å². The van der Waals surface area contributed by atoms with Gasteiger partial charge < -0.3 is 23.7 Å². The smallest absolute Gasteiger partial charge is 0.237 e. The van der Waals surface area contributed by atoms with Crippen LogP contribution in [-0.4, -0.2) is 50.1 Å². The second kappa shape index (κ2) is 6.78. The molecule has 1 saturated heterocycles. The Labute approximate surface area is 150 Å². The van der Waals surface area contributed by atoms with E-state index in [0.717, 1.165) is 31.6 Å². The molecule has 0 amide bonds. The van der Waals surface area contributed by atoms with E-state index in [1.165, 1.54) is 0 Å². The molecule has 3 rings (SSSR count). The molecule has 0 saturated carbocycles. The predicted octanol–water partition coefficient (Wildman–Crippen LogP) is 2.40. The number of aromatic nitrogens is 1. The SMILES string of the molecule is COCOC1c2c(OC)c(=O)c(Br)cn2CC2N(C)CCC[C@]12C. The molecule has 2 aliphatic heterocycles. The monoisotopic (exact) mass is 400 g/mol. The van der Waals surface area contributed by atoms with E-state index in [-0.39, 0.29) is 23.7 Å². The minimum Gasteiger partial charge on any atom is -0.491 e. The van der Waals surface area contributed by atoms with Gasteiger partial charge in [-0.25, -0.2) is 0 Å². The summed E-state index contributed by atoms with van der Waals surface area (Å²) in [5.41, 5.74) is 0.580. The molecule has 3 heterocycles. The molecule has 1 aromatic rings. The Balaban J connectivity index is 2.19. The lowest BCUT2D eigenvalue weighted by Gasteiger charge is -2.54. The molecular weight excluding hydrogens is 376 g/mol. The van der Waals surface area contributed by atoms with Crippen LogP contribution in [0.4, 0.5) is 0 Å². The molecule has 2 unspecified atom stereocenters. The predicted molar refractivity (Wildman–Crippen MR) is 94.4 cm³/mol. The highest BCUT2D eigenvalue weighted by atomic mass is 79.9. The molecule has 0 aliphatic carbocycles. The van der Waals surface area contributed by atoms with Gasteiger partial charge in [0.2, 0.25) is 5.43 Å². The highest BCUT2D eigenvalue weighted by molar-refractivity contribution is 9.10. The van der Waals surface area contributed by atoms with Crippen molar-refractivity contribution in [1.29, 1.82) is 0 Å². The Hall–Kier alpha value is -0.890. The average Bonchev–Trinajstić information content (AvgIpc) is 2.55. The zero-order valence-electron chi connectivity index (χ0n) is 14.7. The van der Waals surface area contributed by atoms with Crippen LogP contribution in [-0.2, 0) is 16.0 Å². The molecule has 0 spiro atoms. The summed E-state index contributed by atoms with van der Waals surface area (Å²) in [6, 6.07) is 0.333. The molecule has 3 atom stereocenters. The van der Waals surface area contributed by atoms with Crippen molar-refractivity contribution in [2.24, 2.45) is 5.41 Å². The Kier molecular flexibility index (Phi) is 5.06. The first-order valence-corrected chi connectivity index (χ1v) is 9.01. The third-order valence-electron chi connectivity index (χ3n) is 5.53. The van der Waals surface area contributed by atoms with Gasteiger partial charge in [-0.2, -0.15) is 0 Å². The highest BCUT2D eigenvalue weighted by Crippen LogP contribution is 2.52. The van der Waals surface area contributed by atoms with Crippen LogP contribution in [0.3, 0.4) is 0 Å². The fourth-order valence-electron chi connectivity index (χ4n) is 4.33. The third-order valence-corrected chi connectivity index (χ3v) is 6.09. The zero-order valence-corrected chi connectivity index (χ0v) is 16.3. The van der Waals surface area contributed by atoms with Gasteiger partial charge in [0.1, 0.15) is 12.9 Å². The summed E-state index contributed by atoms with van der Waals surface area (Å²) in [6.07, 6.45) is 3.75. The molecule has 1 aromatic heterocycles. The van der Waals surface area contributed by atoms with Gasteiger partial charge in [-0.15, -0.1) is 0 Å². The summed E-state index contributed by atoms with van der Waals surface area (Å²) in [5, 5.41) is 0. The molecule has 2 aliphatic rings. The van der Waals surface area contributed by atoms with Crippen LogP contribution in [0.5, 0.6) is 5.75 Å². The van der Waals surface area contributed by atoms with Crippen molar-refractivity contribution in [3.8, 4) is 5.75 Å². The van der Waals surface area contributed by atoms with Crippen molar-refractivity contribution in [1.82, 2.24) is 9.47 Å².